The van der Waals surface area contributed by atoms with Crippen LogP contribution in [-0.4, -0.2) is 4.98 Å². The van der Waals surface area contributed by atoms with Crippen LogP contribution in [0.25, 0.3) is 54.7 Å². The molecule has 1 aromatic heterocycles. The van der Waals surface area contributed by atoms with Gasteiger partial charge in [-0.3, -0.25) is 0 Å². The molecule has 169 valence electrons. The number of fused-ring (bicyclic) bond motifs is 4. The Morgan fingerprint density at radius 2 is 1.54 bits per heavy atom. The summed E-state index contributed by atoms with van der Waals surface area (Å²) in [5.41, 5.74) is 7.31. The third kappa shape index (κ3) is 3.92. The minimum Gasteiger partial charge on any atom is -0.304 e. The first kappa shape index (κ1) is 22.9. The fraction of sp³-hybridized carbons (Fsp3) is 0.0625. The van der Waals surface area contributed by atoms with Crippen molar-refractivity contribution in [3.8, 4) is 28.5 Å². The van der Waals surface area contributed by atoms with Crippen molar-refractivity contribution in [3.63, 3.8) is 0 Å². The average molecular weight is 626 g/mol. The first-order valence-corrected chi connectivity index (χ1v) is 11.4. The molecule has 0 saturated carbocycles. The van der Waals surface area contributed by atoms with E-state index in [1.165, 1.54) is 21.7 Å². The molecule has 35 heavy (non-hydrogen) atoms. The van der Waals surface area contributed by atoms with E-state index in [2.05, 4.69) is 86.6 Å². The fourth-order valence-corrected chi connectivity index (χ4v) is 5.05. The van der Waals surface area contributed by atoms with Gasteiger partial charge in [-0.15, -0.1) is 34.9 Å². The van der Waals surface area contributed by atoms with Crippen LogP contribution in [0.15, 0.2) is 91.1 Å². The summed E-state index contributed by atoms with van der Waals surface area (Å²) in [5.74, 6) is 0. The number of aryl methyl sites for hydroxylation is 2. The Bertz CT molecular complexity index is 1770. The van der Waals surface area contributed by atoms with Crippen LogP contribution in [0, 0.1) is 31.2 Å². The van der Waals surface area contributed by atoms with Gasteiger partial charge in [0.15, 0.2) is 0 Å². The van der Waals surface area contributed by atoms with Crippen molar-refractivity contribution < 1.29 is 20.1 Å². The molecule has 0 aliphatic carbocycles. The van der Waals surface area contributed by atoms with Crippen LogP contribution in [-0.2, 0) is 20.1 Å². The molecule has 0 spiro atoms. The van der Waals surface area contributed by atoms with Crippen molar-refractivity contribution in [1.82, 2.24) is 4.98 Å². The molecule has 5 aromatic carbocycles. The van der Waals surface area contributed by atoms with Gasteiger partial charge in [-0.05, 0) is 62.0 Å². The molecule has 0 fully saturated rings. The zero-order chi connectivity index (χ0) is 23.2. The second-order valence-electron chi connectivity index (χ2n) is 8.83. The van der Waals surface area contributed by atoms with Gasteiger partial charge in [-0.1, -0.05) is 68.4 Å². The zero-order valence-electron chi connectivity index (χ0n) is 19.4. The van der Waals surface area contributed by atoms with Crippen LogP contribution in [0.1, 0.15) is 16.7 Å². The maximum Gasteiger partial charge on any atom is 0.0998 e. The molecule has 0 bridgehead atoms. The maximum absolute atomic E-state index is 9.52. The van der Waals surface area contributed by atoms with Crippen molar-refractivity contribution >= 4 is 32.3 Å². The van der Waals surface area contributed by atoms with Gasteiger partial charge in [0.2, 0.25) is 0 Å². The molecule has 0 aliphatic heterocycles. The largest absolute Gasteiger partial charge is 0.304 e. The fourth-order valence-electron chi connectivity index (χ4n) is 5.05. The number of nitrogens with zero attached hydrogens (tertiary/aromatic N) is 2. The third-order valence-electron chi connectivity index (χ3n) is 6.52. The zero-order valence-corrected chi connectivity index (χ0v) is 21.8. The summed E-state index contributed by atoms with van der Waals surface area (Å²) in [5, 5.41) is 16.3. The molecule has 6 rings (SSSR count). The minimum atomic E-state index is 0. The molecule has 0 aliphatic rings. The van der Waals surface area contributed by atoms with E-state index in [4.69, 9.17) is 4.98 Å². The molecule has 0 unspecified atom stereocenters. The van der Waals surface area contributed by atoms with E-state index in [9.17, 15) is 5.26 Å². The molecule has 1 radical (unpaired) electrons. The normalized spacial score (nSPS) is 10.9. The second-order valence-corrected chi connectivity index (χ2v) is 8.83. The van der Waals surface area contributed by atoms with Crippen molar-refractivity contribution in [1.29, 1.82) is 5.26 Å². The number of benzene rings is 5. The van der Waals surface area contributed by atoms with Gasteiger partial charge < -0.3 is 4.98 Å². The predicted octanol–water partition coefficient (Wildman–Crippen LogP) is 8.16. The standard InChI is InChI=1S/C32H21N2.Ir/c1-20-15-21(2)17-25(16-20)32-31-12-8-23-18-22(7-10-28(23)30(31)13-14-34-32)27-11-9-24(19-33)26-5-3-4-6-29(26)27;/h3-16,18H,1-2H3;/q-1;. The number of hydrogen-bond acceptors (Lipinski definition) is 2. The van der Waals surface area contributed by atoms with Crippen molar-refractivity contribution in [3.05, 3.63) is 114 Å². The van der Waals surface area contributed by atoms with Crippen LogP contribution in [0.2, 0.25) is 0 Å². The minimum absolute atomic E-state index is 0. The van der Waals surface area contributed by atoms with E-state index in [-0.39, 0.29) is 20.1 Å². The van der Waals surface area contributed by atoms with Gasteiger partial charge in [0.25, 0.3) is 0 Å². The van der Waals surface area contributed by atoms with Crippen LogP contribution >= 0.6 is 0 Å². The molecule has 6 aromatic rings. The topological polar surface area (TPSA) is 36.7 Å². The third-order valence-corrected chi connectivity index (χ3v) is 6.52. The smallest absolute Gasteiger partial charge is 0.0998 e. The van der Waals surface area contributed by atoms with E-state index in [1.54, 1.807) is 0 Å². The quantitative estimate of drug-likeness (QED) is 0.144. The van der Waals surface area contributed by atoms with Crippen molar-refractivity contribution in [2.24, 2.45) is 0 Å². The maximum atomic E-state index is 9.52. The van der Waals surface area contributed by atoms with E-state index < -0.39 is 0 Å². The Morgan fingerprint density at radius 1 is 0.743 bits per heavy atom. The monoisotopic (exact) mass is 626 g/mol. The van der Waals surface area contributed by atoms with E-state index in [1.807, 2.05) is 30.5 Å². The van der Waals surface area contributed by atoms with Crippen molar-refractivity contribution in [2.75, 3.05) is 0 Å². The van der Waals surface area contributed by atoms with Crippen LogP contribution in [0.5, 0.6) is 0 Å². The van der Waals surface area contributed by atoms with Gasteiger partial charge >= 0.3 is 0 Å². The average Bonchev–Trinajstić information content (AvgIpc) is 2.86. The van der Waals surface area contributed by atoms with Gasteiger partial charge in [0.1, 0.15) is 0 Å². The Morgan fingerprint density at radius 3 is 2.34 bits per heavy atom. The Labute approximate surface area is 218 Å². The number of rotatable bonds is 2. The Hall–Kier alpha value is -3.83. The van der Waals surface area contributed by atoms with Gasteiger partial charge in [-0.2, -0.15) is 5.26 Å². The molecule has 0 N–H and O–H groups in total. The first-order chi connectivity index (χ1) is 16.6. The summed E-state index contributed by atoms with van der Waals surface area (Å²) >= 11 is 0. The summed E-state index contributed by atoms with van der Waals surface area (Å²) in [6.07, 6.45) is 1.89. The molecule has 0 amide bonds. The van der Waals surface area contributed by atoms with Gasteiger partial charge in [-0.25, -0.2) is 0 Å². The molecule has 3 heteroatoms. The van der Waals surface area contributed by atoms with E-state index in [0.29, 0.717) is 5.56 Å². The first-order valence-electron chi connectivity index (χ1n) is 11.4. The van der Waals surface area contributed by atoms with Gasteiger partial charge in [0.05, 0.1) is 11.6 Å². The van der Waals surface area contributed by atoms with Crippen LogP contribution in [0.3, 0.4) is 0 Å². The van der Waals surface area contributed by atoms with E-state index in [0.717, 1.165) is 44.1 Å². The molecule has 0 atom stereocenters. The summed E-state index contributed by atoms with van der Waals surface area (Å²) in [7, 11) is 0. The molecule has 0 saturated heterocycles. The molecular formula is C32H21IrN2-. The molecule has 1 heterocycles. The summed E-state index contributed by atoms with van der Waals surface area (Å²) < 4.78 is 0. The molecular weight excluding hydrogens is 605 g/mol. The van der Waals surface area contributed by atoms with Crippen molar-refractivity contribution in [2.45, 2.75) is 13.8 Å². The Balaban J connectivity index is 0.00000253. The van der Waals surface area contributed by atoms with Gasteiger partial charge in [0, 0.05) is 31.7 Å². The molecule has 2 nitrogen and oxygen atoms in total. The number of hydrogen-bond donors (Lipinski definition) is 0. The van der Waals surface area contributed by atoms with Crippen LogP contribution < -0.4 is 0 Å². The summed E-state index contributed by atoms with van der Waals surface area (Å²) in [6, 6.07) is 35.3. The Kier molecular flexibility index (Phi) is 5.95. The number of nitriles is 1. The predicted molar refractivity (Wildman–Crippen MR) is 141 cm³/mol. The van der Waals surface area contributed by atoms with E-state index >= 15 is 0 Å². The number of aromatic nitrogens is 1. The SMILES string of the molecule is Cc1[c-]c(-c2nccc3c2ccc2cc(-c4ccc(C#N)c5ccccc45)ccc23)cc(C)c1.[Ir]. The summed E-state index contributed by atoms with van der Waals surface area (Å²) in [4.78, 5) is 4.72. The second kappa shape index (κ2) is 9.08. The van der Waals surface area contributed by atoms with Crippen LogP contribution in [0.4, 0.5) is 0 Å². The number of pyridine rings is 1. The summed E-state index contributed by atoms with van der Waals surface area (Å²) in [6.45, 7) is 4.19.